The molecule has 4 saturated carbocycles. The number of benzene rings is 2. The van der Waals surface area contributed by atoms with E-state index in [0.717, 1.165) is 34.6 Å². The van der Waals surface area contributed by atoms with Crippen molar-refractivity contribution in [3.05, 3.63) is 96.2 Å². The summed E-state index contributed by atoms with van der Waals surface area (Å²) in [6.07, 6.45) is 10.0. The zero-order valence-corrected chi connectivity index (χ0v) is 24.7. The topological polar surface area (TPSA) is 69.9 Å². The van der Waals surface area contributed by atoms with Gasteiger partial charge in [-0.2, -0.15) is 0 Å². The van der Waals surface area contributed by atoms with Gasteiger partial charge in [0.1, 0.15) is 5.75 Å². The largest absolute Gasteiger partial charge is 0.493 e. The molecule has 4 bridgehead atoms. The SMILES string of the molecule is CCOc1ccc(C23CC4CC(CC(C4)C2)C3)cc1C=c1sc2n(c1=O)C(c1ccccc1)C(C(=O)OC)=C(C)N=2. The van der Waals surface area contributed by atoms with Crippen LogP contribution in [0, 0.1) is 17.8 Å². The summed E-state index contributed by atoms with van der Waals surface area (Å²) in [5.74, 6) is 2.87. The van der Waals surface area contributed by atoms with Crippen molar-refractivity contribution in [1.29, 1.82) is 0 Å². The number of allylic oxidation sites excluding steroid dienone is 1. The van der Waals surface area contributed by atoms with Gasteiger partial charge in [-0.1, -0.05) is 47.7 Å². The molecule has 0 spiro atoms. The molecule has 41 heavy (non-hydrogen) atoms. The molecule has 7 heteroatoms. The second kappa shape index (κ2) is 10.1. The first kappa shape index (κ1) is 26.4. The fourth-order valence-corrected chi connectivity index (χ4v) is 9.56. The predicted molar refractivity (Wildman–Crippen MR) is 160 cm³/mol. The molecule has 1 aliphatic heterocycles. The highest BCUT2D eigenvalue weighted by Gasteiger charge is 2.51. The Morgan fingerprint density at radius 1 is 1.07 bits per heavy atom. The number of thiazole rings is 1. The number of fused-ring (bicyclic) bond motifs is 1. The van der Waals surface area contributed by atoms with E-state index in [9.17, 15) is 9.59 Å². The van der Waals surface area contributed by atoms with E-state index in [4.69, 9.17) is 14.5 Å². The predicted octanol–water partition coefficient (Wildman–Crippen LogP) is 5.27. The molecule has 2 heterocycles. The Kier molecular flexibility index (Phi) is 6.53. The van der Waals surface area contributed by atoms with Gasteiger partial charge in [0.05, 0.1) is 35.6 Å². The lowest BCUT2D eigenvalue weighted by molar-refractivity contribution is -0.136. The van der Waals surface area contributed by atoms with Crippen LogP contribution in [0.1, 0.15) is 75.1 Å². The van der Waals surface area contributed by atoms with E-state index < -0.39 is 12.0 Å². The van der Waals surface area contributed by atoms with Crippen molar-refractivity contribution in [1.82, 2.24) is 4.57 Å². The van der Waals surface area contributed by atoms with Gasteiger partial charge in [-0.15, -0.1) is 0 Å². The minimum absolute atomic E-state index is 0.167. The first-order valence-electron chi connectivity index (χ1n) is 14.8. The Balaban J connectivity index is 1.37. The molecule has 0 saturated heterocycles. The normalized spacial score (nSPS) is 28.4. The van der Waals surface area contributed by atoms with Crippen LogP contribution in [0.15, 0.2) is 69.6 Å². The molecule has 0 amide bonds. The van der Waals surface area contributed by atoms with Crippen LogP contribution in [-0.2, 0) is 14.9 Å². The number of methoxy groups -OCH3 is 1. The summed E-state index contributed by atoms with van der Waals surface area (Å²) in [4.78, 5) is 32.3. The standard InChI is InChI=1S/C34H36N2O4S/c1-4-40-27-11-10-26(34-17-21-12-22(18-34)14-23(13-21)19-34)15-25(27)16-28-31(37)36-30(24-8-6-5-7-9-24)29(32(38)39-3)20(2)35-33(36)41-28/h5-11,15-16,21-23,30H,4,12-14,17-19H2,1-3H3. The van der Waals surface area contributed by atoms with Gasteiger partial charge in [0, 0.05) is 5.56 Å². The van der Waals surface area contributed by atoms with Crippen molar-refractivity contribution in [3.63, 3.8) is 0 Å². The van der Waals surface area contributed by atoms with Gasteiger partial charge < -0.3 is 9.47 Å². The summed E-state index contributed by atoms with van der Waals surface area (Å²) in [7, 11) is 1.36. The van der Waals surface area contributed by atoms with Gasteiger partial charge in [0.25, 0.3) is 5.56 Å². The van der Waals surface area contributed by atoms with Crippen molar-refractivity contribution in [3.8, 4) is 5.75 Å². The third-order valence-corrected chi connectivity index (χ3v) is 10.8. The first-order chi connectivity index (χ1) is 19.9. The molecule has 1 unspecified atom stereocenters. The molecular formula is C34H36N2O4S. The Hall–Kier alpha value is -3.45. The average Bonchev–Trinajstić information content (AvgIpc) is 3.26. The maximum absolute atomic E-state index is 14.1. The molecule has 3 aromatic rings. The van der Waals surface area contributed by atoms with E-state index in [-0.39, 0.29) is 11.0 Å². The monoisotopic (exact) mass is 568 g/mol. The Morgan fingerprint density at radius 2 is 1.76 bits per heavy atom. The summed E-state index contributed by atoms with van der Waals surface area (Å²) in [5.41, 5.74) is 4.20. The number of rotatable bonds is 6. The lowest BCUT2D eigenvalue weighted by Gasteiger charge is -2.57. The van der Waals surface area contributed by atoms with Crippen LogP contribution in [-0.4, -0.2) is 24.3 Å². The molecule has 6 nitrogen and oxygen atoms in total. The number of esters is 1. The summed E-state index contributed by atoms with van der Waals surface area (Å²) >= 11 is 1.36. The van der Waals surface area contributed by atoms with Crippen LogP contribution in [0.5, 0.6) is 5.75 Å². The van der Waals surface area contributed by atoms with Crippen LogP contribution < -0.4 is 19.6 Å². The third-order valence-electron chi connectivity index (χ3n) is 9.79. The van der Waals surface area contributed by atoms with E-state index in [2.05, 4.69) is 18.2 Å². The summed E-state index contributed by atoms with van der Waals surface area (Å²) in [5, 5.41) is 0. The maximum atomic E-state index is 14.1. The van der Waals surface area contributed by atoms with Gasteiger partial charge in [-0.25, -0.2) is 9.79 Å². The minimum atomic E-state index is -0.605. The van der Waals surface area contributed by atoms with Crippen molar-refractivity contribution in [2.75, 3.05) is 13.7 Å². The molecule has 0 N–H and O–H groups in total. The number of carbonyl (C=O) groups is 1. The number of hydrogen-bond acceptors (Lipinski definition) is 6. The average molecular weight is 569 g/mol. The van der Waals surface area contributed by atoms with Crippen LogP contribution in [0.3, 0.4) is 0 Å². The fourth-order valence-electron chi connectivity index (χ4n) is 8.53. The zero-order chi connectivity index (χ0) is 28.3. The second-order valence-electron chi connectivity index (χ2n) is 12.4. The number of carbonyl (C=O) groups excluding carboxylic acids is 1. The van der Waals surface area contributed by atoms with Crippen molar-refractivity contribution >= 4 is 23.4 Å². The number of ether oxygens (including phenoxy) is 2. The Labute approximate surface area is 244 Å². The van der Waals surface area contributed by atoms with Crippen LogP contribution in [0.2, 0.25) is 0 Å². The van der Waals surface area contributed by atoms with Gasteiger partial charge >= 0.3 is 5.97 Å². The van der Waals surface area contributed by atoms with Crippen molar-refractivity contribution in [2.45, 2.75) is 63.8 Å². The number of nitrogens with zero attached hydrogens (tertiary/aromatic N) is 2. The molecule has 4 aliphatic carbocycles. The highest BCUT2D eigenvalue weighted by atomic mass is 32.1. The van der Waals surface area contributed by atoms with E-state index in [1.165, 1.54) is 62.5 Å². The second-order valence-corrected chi connectivity index (χ2v) is 13.4. The minimum Gasteiger partial charge on any atom is -0.493 e. The van der Waals surface area contributed by atoms with E-state index in [0.29, 0.717) is 27.2 Å². The van der Waals surface area contributed by atoms with Crippen molar-refractivity contribution in [2.24, 2.45) is 22.7 Å². The highest BCUT2D eigenvalue weighted by molar-refractivity contribution is 7.07. The molecule has 1 atom stereocenters. The molecule has 4 fully saturated rings. The molecule has 1 aromatic heterocycles. The molecule has 2 aromatic carbocycles. The molecule has 0 radical (unpaired) electrons. The molecule has 5 aliphatic rings. The van der Waals surface area contributed by atoms with E-state index in [1.54, 1.807) is 11.5 Å². The zero-order valence-electron chi connectivity index (χ0n) is 23.9. The lowest BCUT2D eigenvalue weighted by atomic mass is 9.48. The number of aromatic nitrogens is 1. The summed E-state index contributed by atoms with van der Waals surface area (Å²) < 4.78 is 13.4. The quantitative estimate of drug-likeness (QED) is 0.380. The van der Waals surface area contributed by atoms with Crippen LogP contribution in [0.25, 0.3) is 6.08 Å². The van der Waals surface area contributed by atoms with Crippen molar-refractivity contribution < 1.29 is 14.3 Å². The molecule has 8 rings (SSSR count). The summed E-state index contributed by atoms with van der Waals surface area (Å²) in [6.45, 7) is 4.34. The highest BCUT2D eigenvalue weighted by Crippen LogP contribution is 2.60. The van der Waals surface area contributed by atoms with Crippen LogP contribution in [0.4, 0.5) is 0 Å². The Morgan fingerprint density at radius 3 is 2.39 bits per heavy atom. The number of hydrogen-bond donors (Lipinski definition) is 0. The lowest BCUT2D eigenvalue weighted by Crippen LogP contribution is -2.48. The summed E-state index contributed by atoms with van der Waals surface area (Å²) in [6, 6.07) is 15.7. The van der Waals surface area contributed by atoms with E-state index >= 15 is 0 Å². The van der Waals surface area contributed by atoms with Gasteiger partial charge in [0.15, 0.2) is 4.80 Å². The Bertz CT molecular complexity index is 1700. The molecule has 212 valence electrons. The third kappa shape index (κ3) is 4.40. The van der Waals surface area contributed by atoms with Gasteiger partial charge in [0.2, 0.25) is 0 Å². The van der Waals surface area contributed by atoms with Crippen LogP contribution >= 0.6 is 11.3 Å². The van der Waals surface area contributed by atoms with E-state index in [1.807, 2.05) is 43.3 Å². The van der Waals surface area contributed by atoms with Gasteiger partial charge in [-0.05, 0) is 105 Å². The fraction of sp³-hybridized carbons (Fsp3) is 0.441. The smallest absolute Gasteiger partial charge is 0.338 e. The first-order valence-corrected chi connectivity index (χ1v) is 15.6. The van der Waals surface area contributed by atoms with Gasteiger partial charge in [-0.3, -0.25) is 9.36 Å². The maximum Gasteiger partial charge on any atom is 0.338 e. The molecular weight excluding hydrogens is 532 g/mol.